The number of unbranched alkanes of at least 4 members (excludes halogenated alkanes) is 1. The molecule has 0 aliphatic heterocycles. The standard InChI is InChI=1S/C14H21F2NO/c1-3-4-8-18-9-7-17-11(2)13-10-12(15)5-6-14(13)16/h5-6,10-11,17H,3-4,7-9H2,1-2H3. The van der Waals surface area contributed by atoms with E-state index in [0.29, 0.717) is 18.7 Å². The van der Waals surface area contributed by atoms with Crippen molar-refractivity contribution in [2.24, 2.45) is 0 Å². The van der Waals surface area contributed by atoms with Crippen LogP contribution in [-0.2, 0) is 4.74 Å². The summed E-state index contributed by atoms with van der Waals surface area (Å²) in [5.41, 5.74) is 0.351. The average molecular weight is 257 g/mol. The highest BCUT2D eigenvalue weighted by atomic mass is 19.1. The van der Waals surface area contributed by atoms with E-state index in [2.05, 4.69) is 12.2 Å². The minimum absolute atomic E-state index is 0.226. The minimum Gasteiger partial charge on any atom is -0.380 e. The Hall–Kier alpha value is -1.00. The van der Waals surface area contributed by atoms with E-state index in [1.165, 1.54) is 6.07 Å². The van der Waals surface area contributed by atoms with Crippen molar-refractivity contribution in [3.63, 3.8) is 0 Å². The van der Waals surface area contributed by atoms with E-state index in [1.54, 1.807) is 0 Å². The van der Waals surface area contributed by atoms with Crippen LogP contribution in [0.3, 0.4) is 0 Å². The highest BCUT2D eigenvalue weighted by molar-refractivity contribution is 5.21. The van der Waals surface area contributed by atoms with E-state index in [1.807, 2.05) is 6.92 Å². The maximum Gasteiger partial charge on any atom is 0.128 e. The Kier molecular flexibility index (Phi) is 6.83. The Morgan fingerprint density at radius 2 is 2.06 bits per heavy atom. The normalized spacial score (nSPS) is 12.7. The van der Waals surface area contributed by atoms with E-state index < -0.39 is 5.82 Å². The zero-order valence-electron chi connectivity index (χ0n) is 11.0. The van der Waals surface area contributed by atoms with Gasteiger partial charge in [-0.25, -0.2) is 8.78 Å². The first kappa shape index (κ1) is 15.1. The van der Waals surface area contributed by atoms with Crippen LogP contribution in [0.4, 0.5) is 8.78 Å². The Morgan fingerprint density at radius 3 is 2.78 bits per heavy atom. The lowest BCUT2D eigenvalue weighted by Crippen LogP contribution is -2.24. The molecule has 0 aliphatic rings. The molecule has 0 amide bonds. The third kappa shape index (κ3) is 5.10. The zero-order chi connectivity index (χ0) is 13.4. The zero-order valence-corrected chi connectivity index (χ0v) is 11.0. The van der Waals surface area contributed by atoms with Gasteiger partial charge in [-0.15, -0.1) is 0 Å². The van der Waals surface area contributed by atoms with Crippen molar-refractivity contribution in [3.8, 4) is 0 Å². The summed E-state index contributed by atoms with van der Waals surface area (Å²) in [6.45, 7) is 5.88. The second-order valence-electron chi connectivity index (χ2n) is 4.31. The number of hydrogen-bond donors (Lipinski definition) is 1. The van der Waals surface area contributed by atoms with Gasteiger partial charge in [0.25, 0.3) is 0 Å². The molecule has 1 N–H and O–H groups in total. The lowest BCUT2D eigenvalue weighted by Gasteiger charge is -2.15. The monoisotopic (exact) mass is 257 g/mol. The largest absolute Gasteiger partial charge is 0.380 e. The molecule has 1 unspecified atom stereocenters. The van der Waals surface area contributed by atoms with Gasteiger partial charge in [0.05, 0.1) is 6.61 Å². The van der Waals surface area contributed by atoms with Crippen LogP contribution in [0.25, 0.3) is 0 Å². The molecule has 0 saturated heterocycles. The van der Waals surface area contributed by atoms with Gasteiger partial charge in [0.1, 0.15) is 11.6 Å². The van der Waals surface area contributed by atoms with Crippen molar-refractivity contribution >= 4 is 0 Å². The second-order valence-corrected chi connectivity index (χ2v) is 4.31. The molecule has 0 radical (unpaired) electrons. The van der Waals surface area contributed by atoms with Gasteiger partial charge in [-0.3, -0.25) is 0 Å². The Morgan fingerprint density at radius 1 is 1.28 bits per heavy atom. The number of ether oxygens (including phenoxy) is 1. The molecular formula is C14H21F2NO. The van der Waals surface area contributed by atoms with Crippen LogP contribution in [0.15, 0.2) is 18.2 Å². The van der Waals surface area contributed by atoms with E-state index in [4.69, 9.17) is 4.74 Å². The van der Waals surface area contributed by atoms with Crippen LogP contribution in [0.5, 0.6) is 0 Å². The SMILES string of the molecule is CCCCOCCNC(C)c1cc(F)ccc1F. The molecule has 1 aromatic carbocycles. The molecule has 1 atom stereocenters. The molecule has 0 spiro atoms. The fraction of sp³-hybridized carbons (Fsp3) is 0.571. The predicted molar refractivity (Wildman–Crippen MR) is 68.5 cm³/mol. The Bertz CT molecular complexity index is 358. The number of halogens is 2. The first-order valence-corrected chi connectivity index (χ1v) is 6.41. The van der Waals surface area contributed by atoms with Crippen LogP contribution in [-0.4, -0.2) is 19.8 Å². The summed E-state index contributed by atoms with van der Waals surface area (Å²) < 4.78 is 31.9. The van der Waals surface area contributed by atoms with Gasteiger partial charge in [0, 0.05) is 24.8 Å². The predicted octanol–water partition coefficient (Wildman–Crippen LogP) is 3.43. The van der Waals surface area contributed by atoms with Crippen molar-refractivity contribution in [2.75, 3.05) is 19.8 Å². The van der Waals surface area contributed by atoms with E-state index in [0.717, 1.165) is 31.6 Å². The van der Waals surface area contributed by atoms with E-state index in [-0.39, 0.29) is 11.9 Å². The van der Waals surface area contributed by atoms with E-state index >= 15 is 0 Å². The highest BCUT2D eigenvalue weighted by Gasteiger charge is 2.11. The van der Waals surface area contributed by atoms with Gasteiger partial charge >= 0.3 is 0 Å². The van der Waals surface area contributed by atoms with Gasteiger partial charge in [0.2, 0.25) is 0 Å². The summed E-state index contributed by atoms with van der Waals surface area (Å²) in [6, 6.07) is 3.28. The molecule has 0 aliphatic carbocycles. The molecular weight excluding hydrogens is 236 g/mol. The quantitative estimate of drug-likeness (QED) is 0.720. The van der Waals surface area contributed by atoms with Crippen LogP contribution in [0, 0.1) is 11.6 Å². The molecule has 0 fully saturated rings. The van der Waals surface area contributed by atoms with Gasteiger partial charge in [-0.2, -0.15) is 0 Å². The number of benzene rings is 1. The molecule has 4 heteroatoms. The van der Waals surface area contributed by atoms with Crippen molar-refractivity contribution in [2.45, 2.75) is 32.7 Å². The van der Waals surface area contributed by atoms with Crippen molar-refractivity contribution in [1.82, 2.24) is 5.32 Å². The van der Waals surface area contributed by atoms with Crippen molar-refractivity contribution in [1.29, 1.82) is 0 Å². The third-order valence-corrected chi connectivity index (χ3v) is 2.76. The lowest BCUT2D eigenvalue weighted by molar-refractivity contribution is 0.131. The molecule has 0 heterocycles. The topological polar surface area (TPSA) is 21.3 Å². The molecule has 18 heavy (non-hydrogen) atoms. The number of nitrogens with one attached hydrogen (secondary N) is 1. The molecule has 102 valence electrons. The highest BCUT2D eigenvalue weighted by Crippen LogP contribution is 2.17. The fourth-order valence-corrected chi connectivity index (χ4v) is 1.65. The van der Waals surface area contributed by atoms with Crippen molar-refractivity contribution in [3.05, 3.63) is 35.4 Å². The number of rotatable bonds is 8. The molecule has 0 saturated carbocycles. The second kappa shape index (κ2) is 8.16. The van der Waals surface area contributed by atoms with Gasteiger partial charge in [-0.05, 0) is 31.5 Å². The summed E-state index contributed by atoms with van der Waals surface area (Å²) >= 11 is 0. The summed E-state index contributed by atoms with van der Waals surface area (Å²) in [7, 11) is 0. The maximum absolute atomic E-state index is 13.5. The fourth-order valence-electron chi connectivity index (χ4n) is 1.65. The Labute approximate surface area is 107 Å². The molecule has 0 bridgehead atoms. The van der Waals surface area contributed by atoms with Crippen LogP contribution < -0.4 is 5.32 Å². The summed E-state index contributed by atoms with van der Waals surface area (Å²) in [5, 5.41) is 3.11. The first-order valence-electron chi connectivity index (χ1n) is 6.41. The minimum atomic E-state index is -0.417. The van der Waals surface area contributed by atoms with Crippen molar-refractivity contribution < 1.29 is 13.5 Å². The summed E-state index contributed by atoms with van der Waals surface area (Å²) in [5.74, 6) is -0.803. The first-order chi connectivity index (χ1) is 8.65. The average Bonchev–Trinajstić information content (AvgIpc) is 2.36. The summed E-state index contributed by atoms with van der Waals surface area (Å²) in [6.07, 6.45) is 2.16. The molecule has 2 nitrogen and oxygen atoms in total. The van der Waals surface area contributed by atoms with Crippen LogP contribution in [0.2, 0.25) is 0 Å². The Balaban J connectivity index is 2.31. The smallest absolute Gasteiger partial charge is 0.128 e. The number of hydrogen-bond acceptors (Lipinski definition) is 2. The molecule has 1 rings (SSSR count). The molecule has 0 aromatic heterocycles. The van der Waals surface area contributed by atoms with Gasteiger partial charge in [-0.1, -0.05) is 13.3 Å². The van der Waals surface area contributed by atoms with Gasteiger partial charge < -0.3 is 10.1 Å². The lowest BCUT2D eigenvalue weighted by atomic mass is 10.1. The maximum atomic E-state index is 13.5. The third-order valence-electron chi connectivity index (χ3n) is 2.76. The van der Waals surface area contributed by atoms with E-state index in [9.17, 15) is 8.78 Å². The van der Waals surface area contributed by atoms with Crippen LogP contribution >= 0.6 is 0 Å². The summed E-state index contributed by atoms with van der Waals surface area (Å²) in [4.78, 5) is 0. The molecule has 1 aromatic rings. The van der Waals surface area contributed by atoms with Gasteiger partial charge in [0.15, 0.2) is 0 Å². The van der Waals surface area contributed by atoms with Crippen LogP contribution in [0.1, 0.15) is 38.3 Å².